The molecule has 3 heterocycles. The van der Waals surface area contributed by atoms with E-state index in [1.807, 2.05) is 22.8 Å². The zero-order valence-electron chi connectivity index (χ0n) is 14.2. The number of fused-ring (bicyclic) bond motifs is 2. The summed E-state index contributed by atoms with van der Waals surface area (Å²) in [7, 11) is 0. The van der Waals surface area contributed by atoms with Crippen molar-refractivity contribution in [2.45, 2.75) is 19.9 Å². The lowest BCUT2D eigenvalue weighted by Gasteiger charge is -2.20. The van der Waals surface area contributed by atoms with Crippen molar-refractivity contribution in [3.63, 3.8) is 0 Å². The number of rotatable bonds is 5. The van der Waals surface area contributed by atoms with Crippen molar-refractivity contribution in [1.29, 1.82) is 0 Å². The highest BCUT2D eigenvalue weighted by Gasteiger charge is 2.15. The number of imidazole rings is 1. The second-order valence-corrected chi connectivity index (χ2v) is 7.54. The molecule has 0 saturated carbocycles. The number of anilines is 1. The maximum absolute atomic E-state index is 9.54. The van der Waals surface area contributed by atoms with Gasteiger partial charge >= 0.3 is 0 Å². The minimum Gasteiger partial charge on any atom is -0.394 e. The molecule has 25 heavy (non-hydrogen) atoms. The summed E-state index contributed by atoms with van der Waals surface area (Å²) in [5.74, 6) is 1.05. The Morgan fingerprint density at radius 3 is 2.80 bits per heavy atom. The summed E-state index contributed by atoms with van der Waals surface area (Å²) < 4.78 is 3.11. The third kappa shape index (κ3) is 2.99. The Morgan fingerprint density at radius 1 is 1.20 bits per heavy atom. The van der Waals surface area contributed by atoms with E-state index in [4.69, 9.17) is 5.10 Å². The molecule has 4 rings (SSSR count). The number of aliphatic hydroxyl groups excluding tert-OH is 1. The Labute approximate surface area is 150 Å². The molecule has 1 atom stereocenters. The molecule has 2 N–H and O–H groups in total. The fourth-order valence-corrected chi connectivity index (χ4v) is 3.90. The van der Waals surface area contributed by atoms with Gasteiger partial charge in [-0.1, -0.05) is 32.0 Å². The van der Waals surface area contributed by atoms with Crippen LogP contribution in [0.4, 0.5) is 5.82 Å². The van der Waals surface area contributed by atoms with Gasteiger partial charge in [-0.3, -0.25) is 0 Å². The second kappa shape index (κ2) is 6.46. The van der Waals surface area contributed by atoms with Gasteiger partial charge in [-0.05, 0) is 35.6 Å². The van der Waals surface area contributed by atoms with Crippen LogP contribution < -0.4 is 5.32 Å². The molecule has 0 saturated heterocycles. The number of hydrogen-bond acceptors (Lipinski definition) is 5. The fraction of sp³-hybridized carbons (Fsp3) is 0.263. The standard InChI is InChI=1S/C19H20N4OS/c1-12(2)14(11-24)21-18-7-8-19-20-10-15(23(19)22-18)17-9-13-5-3-4-6-16(13)25-17/h3-10,12,14,24H,11H2,1-2H3,(H,21,22)/t14-/m0/s1. The quantitative estimate of drug-likeness (QED) is 0.569. The van der Waals surface area contributed by atoms with Crippen LogP contribution in [-0.2, 0) is 0 Å². The van der Waals surface area contributed by atoms with Gasteiger partial charge in [0, 0.05) is 4.70 Å². The van der Waals surface area contributed by atoms with Crippen LogP contribution in [0.25, 0.3) is 26.3 Å². The molecule has 3 aromatic heterocycles. The van der Waals surface area contributed by atoms with E-state index < -0.39 is 0 Å². The number of nitrogens with one attached hydrogen (secondary N) is 1. The van der Waals surface area contributed by atoms with E-state index >= 15 is 0 Å². The lowest BCUT2D eigenvalue weighted by Crippen LogP contribution is -2.30. The van der Waals surface area contributed by atoms with Gasteiger partial charge < -0.3 is 10.4 Å². The van der Waals surface area contributed by atoms with Crippen LogP contribution in [0.15, 0.2) is 48.7 Å². The normalized spacial score (nSPS) is 13.0. The van der Waals surface area contributed by atoms with Crippen molar-refractivity contribution in [3.05, 3.63) is 48.7 Å². The topological polar surface area (TPSA) is 62.5 Å². The van der Waals surface area contributed by atoms with Gasteiger partial charge in [0.15, 0.2) is 5.65 Å². The number of benzene rings is 1. The number of aliphatic hydroxyl groups is 1. The van der Waals surface area contributed by atoms with Gasteiger partial charge in [-0.2, -0.15) is 0 Å². The molecule has 0 aliphatic carbocycles. The molecule has 5 nitrogen and oxygen atoms in total. The van der Waals surface area contributed by atoms with Crippen LogP contribution in [-0.4, -0.2) is 32.4 Å². The van der Waals surface area contributed by atoms with Crippen molar-refractivity contribution in [2.24, 2.45) is 5.92 Å². The molecule has 128 valence electrons. The number of aromatic nitrogens is 3. The van der Waals surface area contributed by atoms with Crippen molar-refractivity contribution in [2.75, 3.05) is 11.9 Å². The molecule has 4 aromatic rings. The summed E-state index contributed by atoms with van der Waals surface area (Å²) in [6.07, 6.45) is 1.86. The van der Waals surface area contributed by atoms with Crippen molar-refractivity contribution >= 4 is 32.9 Å². The Morgan fingerprint density at radius 2 is 2.04 bits per heavy atom. The summed E-state index contributed by atoms with van der Waals surface area (Å²) in [6, 6.07) is 14.3. The third-order valence-electron chi connectivity index (χ3n) is 4.37. The molecule has 0 unspecified atom stereocenters. The summed E-state index contributed by atoms with van der Waals surface area (Å²) in [4.78, 5) is 5.61. The van der Waals surface area contributed by atoms with Crippen LogP contribution in [0.3, 0.4) is 0 Å². The second-order valence-electron chi connectivity index (χ2n) is 6.46. The Hall–Kier alpha value is -2.44. The molecular formula is C19H20N4OS. The first-order valence-corrected chi connectivity index (χ1v) is 9.18. The van der Waals surface area contributed by atoms with Crippen LogP contribution in [0, 0.1) is 5.92 Å². The van der Waals surface area contributed by atoms with Crippen LogP contribution in [0.5, 0.6) is 0 Å². The van der Waals surface area contributed by atoms with Crippen molar-refractivity contribution < 1.29 is 5.11 Å². The number of thiophene rings is 1. The van der Waals surface area contributed by atoms with E-state index in [9.17, 15) is 5.11 Å². The molecule has 0 aliphatic rings. The highest BCUT2D eigenvalue weighted by molar-refractivity contribution is 7.22. The van der Waals surface area contributed by atoms with Crippen LogP contribution in [0.1, 0.15) is 13.8 Å². The van der Waals surface area contributed by atoms with Gasteiger partial charge in [-0.25, -0.2) is 9.50 Å². The number of nitrogens with zero attached hydrogens (tertiary/aromatic N) is 3. The summed E-state index contributed by atoms with van der Waals surface area (Å²) in [5, 5.41) is 18.8. The Bertz CT molecular complexity index is 988. The minimum absolute atomic E-state index is 0.0266. The molecular weight excluding hydrogens is 332 g/mol. The van der Waals surface area contributed by atoms with Crippen molar-refractivity contribution in [1.82, 2.24) is 14.6 Å². The molecule has 0 amide bonds. The van der Waals surface area contributed by atoms with Crippen molar-refractivity contribution in [3.8, 4) is 10.6 Å². The Kier molecular flexibility index (Phi) is 4.15. The average Bonchev–Trinajstić information content (AvgIpc) is 3.22. The monoisotopic (exact) mass is 352 g/mol. The first-order chi connectivity index (χ1) is 12.2. The van der Waals surface area contributed by atoms with Gasteiger partial charge in [0.1, 0.15) is 11.5 Å². The maximum atomic E-state index is 9.54. The van der Waals surface area contributed by atoms with Gasteiger partial charge in [0.25, 0.3) is 0 Å². The molecule has 1 aromatic carbocycles. The largest absolute Gasteiger partial charge is 0.394 e. The molecule has 0 spiro atoms. The molecule has 0 bridgehead atoms. The van der Waals surface area contributed by atoms with Crippen LogP contribution >= 0.6 is 11.3 Å². The minimum atomic E-state index is -0.0266. The average molecular weight is 352 g/mol. The Balaban J connectivity index is 1.76. The lowest BCUT2D eigenvalue weighted by molar-refractivity contribution is 0.249. The summed E-state index contributed by atoms with van der Waals surface area (Å²) in [6.45, 7) is 4.23. The van der Waals surface area contributed by atoms with E-state index in [1.165, 1.54) is 10.1 Å². The first-order valence-electron chi connectivity index (χ1n) is 8.37. The predicted molar refractivity (Wildman–Crippen MR) is 103 cm³/mol. The van der Waals surface area contributed by atoms with Crippen LogP contribution in [0.2, 0.25) is 0 Å². The van der Waals surface area contributed by atoms with Gasteiger partial charge in [-0.15, -0.1) is 16.4 Å². The van der Waals surface area contributed by atoms with Gasteiger partial charge in [0.2, 0.25) is 0 Å². The predicted octanol–water partition coefficient (Wildman–Crippen LogP) is 4.04. The van der Waals surface area contributed by atoms with E-state index in [0.717, 1.165) is 22.0 Å². The summed E-state index contributed by atoms with van der Waals surface area (Å²) >= 11 is 1.74. The molecule has 6 heteroatoms. The molecule has 0 radical (unpaired) electrons. The third-order valence-corrected chi connectivity index (χ3v) is 5.51. The highest BCUT2D eigenvalue weighted by atomic mass is 32.1. The molecule has 0 aliphatic heterocycles. The zero-order valence-corrected chi connectivity index (χ0v) is 15.0. The fourth-order valence-electron chi connectivity index (χ4n) is 2.84. The van der Waals surface area contributed by atoms with E-state index in [0.29, 0.717) is 5.92 Å². The molecule has 0 fully saturated rings. The number of hydrogen-bond donors (Lipinski definition) is 2. The summed E-state index contributed by atoms with van der Waals surface area (Å²) in [5.41, 5.74) is 1.79. The smallest absolute Gasteiger partial charge is 0.154 e. The highest BCUT2D eigenvalue weighted by Crippen LogP contribution is 2.33. The first kappa shape index (κ1) is 16.1. The van der Waals surface area contributed by atoms with E-state index in [-0.39, 0.29) is 12.6 Å². The maximum Gasteiger partial charge on any atom is 0.154 e. The van der Waals surface area contributed by atoms with E-state index in [1.54, 1.807) is 11.3 Å². The zero-order chi connectivity index (χ0) is 17.4. The lowest BCUT2D eigenvalue weighted by atomic mass is 10.1. The van der Waals surface area contributed by atoms with E-state index in [2.05, 4.69) is 54.5 Å². The SMILES string of the molecule is CC(C)[C@H](CO)Nc1ccc2ncc(-c3cc4ccccc4s3)n2n1. The van der Waals surface area contributed by atoms with Gasteiger partial charge in [0.05, 0.1) is 23.7 Å².